The Morgan fingerprint density at radius 2 is 2.11 bits per heavy atom. The van der Waals surface area contributed by atoms with Crippen LogP contribution >= 0.6 is 0 Å². The monoisotopic (exact) mass is 250 g/mol. The van der Waals surface area contributed by atoms with Crippen molar-refractivity contribution in [2.45, 2.75) is 6.42 Å². The number of methoxy groups -OCH3 is 2. The van der Waals surface area contributed by atoms with Crippen molar-refractivity contribution >= 4 is 11.6 Å². The Kier molecular flexibility index (Phi) is 4.04. The molecule has 0 radical (unpaired) electrons. The smallest absolute Gasteiger partial charge is 0.241 e. The Labute approximate surface area is 107 Å². The van der Waals surface area contributed by atoms with Crippen molar-refractivity contribution in [3.63, 3.8) is 0 Å². The van der Waals surface area contributed by atoms with Crippen LogP contribution in [0.2, 0.25) is 0 Å². The van der Waals surface area contributed by atoms with Gasteiger partial charge in [-0.25, -0.2) is 0 Å². The number of carbonyl (C=O) groups is 1. The molecule has 1 amide bonds. The number of carbonyl (C=O) groups excluding carboxylic acids is 1. The second kappa shape index (κ2) is 5.73. The van der Waals surface area contributed by atoms with Gasteiger partial charge in [0.2, 0.25) is 5.91 Å². The molecule has 1 heterocycles. The summed E-state index contributed by atoms with van der Waals surface area (Å²) in [7, 11) is 3.20. The van der Waals surface area contributed by atoms with E-state index in [0.29, 0.717) is 18.8 Å². The molecule has 5 nitrogen and oxygen atoms in total. The molecule has 0 bridgehead atoms. The van der Waals surface area contributed by atoms with Gasteiger partial charge in [0.05, 0.1) is 26.5 Å². The number of rotatable bonds is 3. The van der Waals surface area contributed by atoms with E-state index < -0.39 is 0 Å². The van der Waals surface area contributed by atoms with Crippen LogP contribution in [-0.2, 0) is 4.79 Å². The van der Waals surface area contributed by atoms with E-state index in [-0.39, 0.29) is 5.91 Å². The van der Waals surface area contributed by atoms with Crippen LogP contribution in [0, 0.1) is 0 Å². The fourth-order valence-corrected chi connectivity index (χ4v) is 2.04. The molecule has 18 heavy (non-hydrogen) atoms. The lowest BCUT2D eigenvalue weighted by atomic mass is 10.2. The summed E-state index contributed by atoms with van der Waals surface area (Å²) in [6.07, 6.45) is 0.931. The van der Waals surface area contributed by atoms with Crippen molar-refractivity contribution in [1.29, 1.82) is 0 Å². The third-order valence-electron chi connectivity index (χ3n) is 2.99. The normalized spacial score (nSPS) is 16.3. The summed E-state index contributed by atoms with van der Waals surface area (Å²) in [6.45, 7) is 1.93. The Hall–Kier alpha value is -1.75. The number of benzene rings is 1. The molecule has 0 unspecified atom stereocenters. The molecule has 1 N–H and O–H groups in total. The summed E-state index contributed by atoms with van der Waals surface area (Å²) in [5, 5.41) is 3.10. The Morgan fingerprint density at radius 3 is 2.83 bits per heavy atom. The Balaban J connectivity index is 2.33. The first-order valence-corrected chi connectivity index (χ1v) is 5.99. The van der Waals surface area contributed by atoms with Gasteiger partial charge < -0.3 is 19.7 Å². The topological polar surface area (TPSA) is 50.8 Å². The fourth-order valence-electron chi connectivity index (χ4n) is 2.04. The van der Waals surface area contributed by atoms with Crippen LogP contribution < -0.4 is 19.7 Å². The maximum atomic E-state index is 12.0. The molecule has 0 aromatic heterocycles. The van der Waals surface area contributed by atoms with Crippen molar-refractivity contribution in [2.75, 3.05) is 38.8 Å². The van der Waals surface area contributed by atoms with E-state index in [4.69, 9.17) is 9.47 Å². The van der Waals surface area contributed by atoms with Gasteiger partial charge in [-0.05, 0) is 25.1 Å². The van der Waals surface area contributed by atoms with Gasteiger partial charge in [-0.3, -0.25) is 4.79 Å². The highest BCUT2D eigenvalue weighted by Crippen LogP contribution is 2.32. The van der Waals surface area contributed by atoms with Gasteiger partial charge in [-0.1, -0.05) is 0 Å². The number of hydrogen-bond donors (Lipinski definition) is 1. The summed E-state index contributed by atoms with van der Waals surface area (Å²) < 4.78 is 10.5. The van der Waals surface area contributed by atoms with Crippen molar-refractivity contribution in [2.24, 2.45) is 0 Å². The van der Waals surface area contributed by atoms with Gasteiger partial charge in [-0.15, -0.1) is 0 Å². The molecule has 2 rings (SSSR count). The second-order valence-corrected chi connectivity index (χ2v) is 4.11. The average molecular weight is 250 g/mol. The molecule has 1 aliphatic heterocycles. The van der Waals surface area contributed by atoms with Crippen LogP contribution in [-0.4, -0.2) is 39.8 Å². The lowest BCUT2D eigenvalue weighted by Gasteiger charge is -2.22. The zero-order valence-corrected chi connectivity index (χ0v) is 10.7. The van der Waals surface area contributed by atoms with Crippen LogP contribution in [0.25, 0.3) is 0 Å². The lowest BCUT2D eigenvalue weighted by molar-refractivity contribution is -0.117. The molecule has 5 heteroatoms. The van der Waals surface area contributed by atoms with E-state index >= 15 is 0 Å². The van der Waals surface area contributed by atoms with E-state index in [1.165, 1.54) is 0 Å². The van der Waals surface area contributed by atoms with Gasteiger partial charge in [0.1, 0.15) is 11.5 Å². The molecule has 1 fully saturated rings. The highest BCUT2D eigenvalue weighted by Gasteiger charge is 2.21. The van der Waals surface area contributed by atoms with Gasteiger partial charge in [0.15, 0.2) is 0 Å². The minimum absolute atomic E-state index is 0.0657. The van der Waals surface area contributed by atoms with E-state index in [1.807, 2.05) is 12.1 Å². The summed E-state index contributed by atoms with van der Waals surface area (Å²) in [5.41, 5.74) is 0.798. The molecule has 98 valence electrons. The summed E-state index contributed by atoms with van der Waals surface area (Å²) in [5.74, 6) is 1.44. The van der Waals surface area contributed by atoms with Crippen molar-refractivity contribution in [3.8, 4) is 11.5 Å². The van der Waals surface area contributed by atoms with Crippen LogP contribution in [0.4, 0.5) is 5.69 Å². The molecule has 0 spiro atoms. The standard InChI is InChI=1S/C13H18N2O3/c1-17-10-4-5-11(12(8-10)18-2)15-7-3-6-14-9-13(15)16/h4-5,8,14H,3,6-7,9H2,1-2H3. The van der Waals surface area contributed by atoms with Crippen molar-refractivity contribution < 1.29 is 14.3 Å². The maximum absolute atomic E-state index is 12.0. The van der Waals surface area contributed by atoms with Gasteiger partial charge in [0.25, 0.3) is 0 Å². The van der Waals surface area contributed by atoms with Gasteiger partial charge in [0, 0.05) is 12.6 Å². The first-order chi connectivity index (χ1) is 8.76. The highest BCUT2D eigenvalue weighted by atomic mass is 16.5. The fraction of sp³-hybridized carbons (Fsp3) is 0.462. The van der Waals surface area contributed by atoms with E-state index in [0.717, 1.165) is 24.4 Å². The molecular weight excluding hydrogens is 232 g/mol. The Bertz CT molecular complexity index is 434. The molecule has 1 saturated heterocycles. The molecule has 0 atom stereocenters. The number of nitrogens with one attached hydrogen (secondary N) is 1. The molecule has 1 aromatic rings. The highest BCUT2D eigenvalue weighted by molar-refractivity contribution is 5.96. The summed E-state index contributed by atoms with van der Waals surface area (Å²) in [6, 6.07) is 5.49. The van der Waals surface area contributed by atoms with E-state index in [2.05, 4.69) is 5.32 Å². The molecule has 0 aliphatic carbocycles. The van der Waals surface area contributed by atoms with Crippen LogP contribution in [0.15, 0.2) is 18.2 Å². The minimum atomic E-state index is 0.0657. The van der Waals surface area contributed by atoms with Crippen LogP contribution in [0.1, 0.15) is 6.42 Å². The third-order valence-corrected chi connectivity index (χ3v) is 2.99. The first kappa shape index (κ1) is 12.7. The first-order valence-electron chi connectivity index (χ1n) is 5.99. The number of anilines is 1. The van der Waals surface area contributed by atoms with E-state index in [1.54, 1.807) is 25.2 Å². The SMILES string of the molecule is COc1ccc(N2CCCNCC2=O)c(OC)c1. The zero-order chi connectivity index (χ0) is 13.0. The number of amides is 1. The Morgan fingerprint density at radius 1 is 1.28 bits per heavy atom. The van der Waals surface area contributed by atoms with Gasteiger partial charge in [-0.2, -0.15) is 0 Å². The van der Waals surface area contributed by atoms with E-state index in [9.17, 15) is 4.79 Å². The third kappa shape index (κ3) is 2.56. The molecule has 1 aromatic carbocycles. The second-order valence-electron chi connectivity index (χ2n) is 4.11. The lowest BCUT2D eigenvalue weighted by Crippen LogP contribution is -2.35. The number of nitrogens with zero attached hydrogens (tertiary/aromatic N) is 1. The number of ether oxygens (including phenoxy) is 2. The van der Waals surface area contributed by atoms with Gasteiger partial charge >= 0.3 is 0 Å². The summed E-state index contributed by atoms with van der Waals surface area (Å²) in [4.78, 5) is 13.8. The predicted molar refractivity (Wildman–Crippen MR) is 69.4 cm³/mol. The zero-order valence-electron chi connectivity index (χ0n) is 10.7. The molecule has 1 aliphatic rings. The quantitative estimate of drug-likeness (QED) is 0.870. The van der Waals surface area contributed by atoms with Crippen molar-refractivity contribution in [1.82, 2.24) is 5.32 Å². The van der Waals surface area contributed by atoms with Crippen LogP contribution in [0.3, 0.4) is 0 Å². The summed E-state index contributed by atoms with van der Waals surface area (Å²) >= 11 is 0. The minimum Gasteiger partial charge on any atom is -0.497 e. The average Bonchev–Trinajstić information content (AvgIpc) is 2.62. The maximum Gasteiger partial charge on any atom is 0.241 e. The number of hydrogen-bond acceptors (Lipinski definition) is 4. The predicted octanol–water partition coefficient (Wildman–Crippen LogP) is 1.03. The van der Waals surface area contributed by atoms with Crippen LogP contribution in [0.5, 0.6) is 11.5 Å². The van der Waals surface area contributed by atoms with Crippen molar-refractivity contribution in [3.05, 3.63) is 18.2 Å². The largest absolute Gasteiger partial charge is 0.497 e. The molecule has 0 saturated carbocycles. The molecular formula is C13H18N2O3.